The van der Waals surface area contributed by atoms with Gasteiger partial charge in [-0.3, -0.25) is 9.88 Å². The van der Waals surface area contributed by atoms with Gasteiger partial charge in [0.05, 0.1) is 30.6 Å². The molecule has 1 fully saturated rings. The molecular formula is C29H34N4O2. The number of pyridine rings is 1. The molecule has 2 aromatic carbocycles. The molecule has 0 amide bonds. The summed E-state index contributed by atoms with van der Waals surface area (Å²) in [5, 5.41) is 4.87. The Morgan fingerprint density at radius 2 is 1.60 bits per heavy atom. The predicted octanol–water partition coefficient (Wildman–Crippen LogP) is 5.90. The zero-order valence-electron chi connectivity index (χ0n) is 20.6. The third-order valence-corrected chi connectivity index (χ3v) is 6.52. The highest BCUT2D eigenvalue weighted by Gasteiger charge is 2.21. The normalized spacial score (nSPS) is 14.8. The van der Waals surface area contributed by atoms with Gasteiger partial charge in [-0.2, -0.15) is 0 Å². The number of nitrogens with zero attached hydrogens (tertiary/aromatic N) is 3. The first-order valence-electron chi connectivity index (χ1n) is 12.6. The molecule has 0 spiro atoms. The fraction of sp³-hybridized carbons (Fsp3) is 0.345. The molecule has 1 saturated heterocycles. The molecule has 6 heteroatoms. The van der Waals surface area contributed by atoms with Gasteiger partial charge in [0.15, 0.2) is 0 Å². The van der Waals surface area contributed by atoms with Gasteiger partial charge in [-0.1, -0.05) is 18.2 Å². The highest BCUT2D eigenvalue weighted by Crippen LogP contribution is 2.35. The van der Waals surface area contributed by atoms with Crippen molar-refractivity contribution < 1.29 is 9.47 Å². The summed E-state index contributed by atoms with van der Waals surface area (Å²) in [6.07, 6.45) is 8.22. The van der Waals surface area contributed by atoms with Crippen LogP contribution in [0.4, 0.5) is 5.69 Å². The lowest BCUT2D eigenvalue weighted by molar-refractivity contribution is 0.210. The number of fused-ring (bicyclic) bond motifs is 1. The molecular weight excluding hydrogens is 436 g/mol. The number of likely N-dealkylation sites (tertiary alicyclic amines) is 1. The molecule has 182 valence electrons. The van der Waals surface area contributed by atoms with Crippen molar-refractivity contribution >= 4 is 16.6 Å². The Balaban J connectivity index is 1.25. The van der Waals surface area contributed by atoms with Crippen molar-refractivity contribution in [2.24, 2.45) is 0 Å². The van der Waals surface area contributed by atoms with Crippen LogP contribution in [-0.2, 0) is 6.54 Å². The van der Waals surface area contributed by atoms with Crippen LogP contribution in [0.2, 0.25) is 0 Å². The van der Waals surface area contributed by atoms with Gasteiger partial charge in [0.1, 0.15) is 17.2 Å². The number of anilines is 1. The fourth-order valence-corrected chi connectivity index (χ4v) is 4.88. The molecule has 6 nitrogen and oxygen atoms in total. The molecule has 1 aliphatic rings. The Bertz CT molecular complexity index is 1220. The number of benzene rings is 2. The van der Waals surface area contributed by atoms with Crippen LogP contribution in [0.1, 0.15) is 32.3 Å². The summed E-state index contributed by atoms with van der Waals surface area (Å²) in [6, 6.07) is 19.3. The second-order valence-electron chi connectivity index (χ2n) is 9.01. The van der Waals surface area contributed by atoms with Gasteiger partial charge in [-0.15, -0.1) is 0 Å². The van der Waals surface area contributed by atoms with Crippen LogP contribution in [0.15, 0.2) is 73.2 Å². The molecule has 3 heterocycles. The minimum Gasteiger partial charge on any atom is -0.492 e. The van der Waals surface area contributed by atoms with Crippen molar-refractivity contribution in [3.63, 3.8) is 0 Å². The van der Waals surface area contributed by atoms with Crippen LogP contribution < -0.4 is 14.8 Å². The molecule has 0 radical (unpaired) electrons. The van der Waals surface area contributed by atoms with Crippen LogP contribution in [0.3, 0.4) is 0 Å². The van der Waals surface area contributed by atoms with E-state index in [9.17, 15) is 0 Å². The Kier molecular flexibility index (Phi) is 7.19. The van der Waals surface area contributed by atoms with Gasteiger partial charge in [0.2, 0.25) is 0 Å². The maximum Gasteiger partial charge on any atom is 0.147 e. The number of para-hydroxylation sites is 1. The maximum atomic E-state index is 6.06. The third-order valence-electron chi connectivity index (χ3n) is 6.52. The number of piperidine rings is 1. The van der Waals surface area contributed by atoms with Gasteiger partial charge in [0, 0.05) is 43.5 Å². The smallest absolute Gasteiger partial charge is 0.147 e. The molecule has 1 aliphatic heterocycles. The number of hydrogen-bond acceptors (Lipinski definition) is 5. The first-order valence-corrected chi connectivity index (χ1v) is 12.6. The van der Waals surface area contributed by atoms with Crippen LogP contribution in [0.5, 0.6) is 11.5 Å². The van der Waals surface area contributed by atoms with E-state index in [0.717, 1.165) is 60.9 Å². The van der Waals surface area contributed by atoms with Crippen LogP contribution in [0, 0.1) is 0 Å². The van der Waals surface area contributed by atoms with Crippen LogP contribution in [-0.4, -0.2) is 46.8 Å². The Morgan fingerprint density at radius 1 is 0.914 bits per heavy atom. The number of nitrogens with one attached hydrogen (secondary N) is 1. The van der Waals surface area contributed by atoms with E-state index in [1.807, 2.05) is 50.6 Å². The molecule has 0 atom stereocenters. The van der Waals surface area contributed by atoms with E-state index in [-0.39, 0.29) is 0 Å². The highest BCUT2D eigenvalue weighted by atomic mass is 16.5. The minimum atomic E-state index is 0.461. The minimum absolute atomic E-state index is 0.461. The Hall–Kier alpha value is -3.51. The first-order chi connectivity index (χ1) is 17.2. The zero-order valence-corrected chi connectivity index (χ0v) is 20.6. The maximum absolute atomic E-state index is 6.06. The monoisotopic (exact) mass is 470 g/mol. The molecule has 4 aromatic rings. The van der Waals surface area contributed by atoms with E-state index in [4.69, 9.17) is 9.47 Å². The van der Waals surface area contributed by atoms with Crippen molar-refractivity contribution in [1.82, 2.24) is 14.5 Å². The van der Waals surface area contributed by atoms with Gasteiger partial charge < -0.3 is 19.4 Å². The van der Waals surface area contributed by atoms with Crippen molar-refractivity contribution in [3.05, 3.63) is 78.8 Å². The standard InChI is InChI=1S/C29H34N4O2/c1-3-34-27-17-22(18-28(35-4-2)29(27)33-13-7-8-14-33)21-32-15-11-24(12-16-32)31-25-19-23-9-5-6-10-26(23)30-20-25/h5-10,13-14,17-20,24,31H,3-4,11-12,15-16,21H2,1-2H3. The Labute approximate surface area is 207 Å². The molecule has 35 heavy (non-hydrogen) atoms. The number of hydrogen-bond donors (Lipinski definition) is 1. The van der Waals surface area contributed by atoms with Crippen LogP contribution in [0.25, 0.3) is 16.6 Å². The largest absolute Gasteiger partial charge is 0.492 e. The van der Waals surface area contributed by atoms with E-state index in [2.05, 4.69) is 56.2 Å². The third kappa shape index (κ3) is 5.43. The molecule has 0 saturated carbocycles. The average Bonchev–Trinajstić information content (AvgIpc) is 3.40. The van der Waals surface area contributed by atoms with E-state index in [1.54, 1.807) is 0 Å². The second kappa shape index (κ2) is 10.8. The predicted molar refractivity (Wildman–Crippen MR) is 142 cm³/mol. The summed E-state index contributed by atoms with van der Waals surface area (Å²) in [7, 11) is 0. The fourth-order valence-electron chi connectivity index (χ4n) is 4.88. The van der Waals surface area contributed by atoms with Crippen molar-refractivity contribution in [3.8, 4) is 17.2 Å². The second-order valence-corrected chi connectivity index (χ2v) is 9.01. The van der Waals surface area contributed by atoms with Crippen LogP contribution >= 0.6 is 0 Å². The van der Waals surface area contributed by atoms with Gasteiger partial charge in [-0.25, -0.2) is 0 Å². The Morgan fingerprint density at radius 3 is 2.29 bits per heavy atom. The topological polar surface area (TPSA) is 51.6 Å². The van der Waals surface area contributed by atoms with E-state index in [1.165, 1.54) is 10.9 Å². The lowest BCUT2D eigenvalue weighted by atomic mass is 10.0. The molecule has 1 N–H and O–H groups in total. The molecule has 5 rings (SSSR count). The first kappa shape index (κ1) is 23.2. The summed E-state index contributed by atoms with van der Waals surface area (Å²) in [6.45, 7) is 8.26. The SMILES string of the molecule is CCOc1cc(CN2CCC(Nc3cnc4ccccc4c3)CC2)cc(OCC)c1-n1cccc1. The zero-order chi connectivity index (χ0) is 24.0. The molecule has 0 unspecified atom stereocenters. The van der Waals surface area contributed by atoms with Gasteiger partial charge >= 0.3 is 0 Å². The van der Waals surface area contributed by atoms with Crippen molar-refractivity contribution in [1.29, 1.82) is 0 Å². The van der Waals surface area contributed by atoms with E-state index in [0.29, 0.717) is 19.3 Å². The number of ether oxygens (including phenoxy) is 2. The molecule has 0 bridgehead atoms. The summed E-state index contributed by atoms with van der Waals surface area (Å²) in [4.78, 5) is 7.11. The highest BCUT2D eigenvalue weighted by molar-refractivity contribution is 5.81. The molecule has 0 aliphatic carbocycles. The van der Waals surface area contributed by atoms with Crippen molar-refractivity contribution in [2.75, 3.05) is 31.6 Å². The van der Waals surface area contributed by atoms with E-state index >= 15 is 0 Å². The summed E-state index contributed by atoms with van der Waals surface area (Å²) in [5.74, 6) is 1.73. The lowest BCUT2D eigenvalue weighted by Crippen LogP contribution is -2.38. The van der Waals surface area contributed by atoms with E-state index < -0.39 is 0 Å². The quantitative estimate of drug-likeness (QED) is 0.330. The number of aromatic nitrogens is 2. The van der Waals surface area contributed by atoms with Gasteiger partial charge in [-0.05, 0) is 68.7 Å². The summed E-state index contributed by atoms with van der Waals surface area (Å²) < 4.78 is 14.2. The average molecular weight is 471 g/mol. The lowest BCUT2D eigenvalue weighted by Gasteiger charge is -2.33. The summed E-state index contributed by atoms with van der Waals surface area (Å²) in [5.41, 5.74) is 4.33. The van der Waals surface area contributed by atoms with Gasteiger partial charge in [0.25, 0.3) is 0 Å². The van der Waals surface area contributed by atoms with Crippen molar-refractivity contribution in [2.45, 2.75) is 39.3 Å². The number of rotatable bonds is 9. The molecule has 2 aromatic heterocycles. The summed E-state index contributed by atoms with van der Waals surface area (Å²) >= 11 is 0.